The van der Waals surface area contributed by atoms with E-state index in [0.29, 0.717) is 17.0 Å². The molecule has 5 N–H and O–H groups in total. The van der Waals surface area contributed by atoms with Crippen molar-refractivity contribution in [3.63, 3.8) is 0 Å². The van der Waals surface area contributed by atoms with Gasteiger partial charge in [-0.15, -0.1) is 11.6 Å². The standard InChI is InChI=1S/C6H7ClN6/c7-1-2-10-3-4(8)12-6(9)13-5(3)11-2/h1H2,(H5,8,9,10,11,12,13). The Labute approximate surface area is 78.3 Å². The fraction of sp³-hybridized carbons (Fsp3) is 0.167. The largest absolute Gasteiger partial charge is 0.382 e. The van der Waals surface area contributed by atoms with Crippen LogP contribution in [0.5, 0.6) is 0 Å². The molecule has 13 heavy (non-hydrogen) atoms. The summed E-state index contributed by atoms with van der Waals surface area (Å²) in [5, 5.41) is 0. The molecule has 7 heteroatoms. The lowest BCUT2D eigenvalue weighted by atomic mass is 10.5. The fourth-order valence-corrected chi connectivity index (χ4v) is 1.17. The van der Waals surface area contributed by atoms with Crippen LogP contribution >= 0.6 is 11.6 Å². The van der Waals surface area contributed by atoms with Gasteiger partial charge in [0.25, 0.3) is 0 Å². The van der Waals surface area contributed by atoms with Crippen molar-refractivity contribution in [2.24, 2.45) is 0 Å². The smallest absolute Gasteiger partial charge is 0.224 e. The minimum Gasteiger partial charge on any atom is -0.382 e. The molecule has 0 fully saturated rings. The zero-order valence-corrected chi connectivity index (χ0v) is 7.34. The second kappa shape index (κ2) is 2.74. The summed E-state index contributed by atoms with van der Waals surface area (Å²) >= 11 is 5.58. The van der Waals surface area contributed by atoms with E-state index in [2.05, 4.69) is 19.9 Å². The van der Waals surface area contributed by atoms with E-state index in [-0.39, 0.29) is 17.6 Å². The quantitative estimate of drug-likeness (QED) is 0.570. The first-order valence-electron chi connectivity index (χ1n) is 3.54. The summed E-state index contributed by atoms with van der Waals surface area (Å²) in [7, 11) is 0. The first-order valence-corrected chi connectivity index (χ1v) is 4.07. The predicted octanol–water partition coefficient (Wildman–Crippen LogP) is 0.256. The van der Waals surface area contributed by atoms with Gasteiger partial charge in [0.05, 0.1) is 5.88 Å². The number of imidazole rings is 1. The molecule has 0 saturated carbocycles. The van der Waals surface area contributed by atoms with Gasteiger partial charge in [-0.2, -0.15) is 9.97 Å². The van der Waals surface area contributed by atoms with Gasteiger partial charge in [-0.05, 0) is 0 Å². The van der Waals surface area contributed by atoms with Crippen LogP contribution in [-0.2, 0) is 5.88 Å². The van der Waals surface area contributed by atoms with Crippen LogP contribution in [0, 0.1) is 0 Å². The van der Waals surface area contributed by atoms with Crippen LogP contribution in [0.2, 0.25) is 0 Å². The Hall–Kier alpha value is -1.56. The van der Waals surface area contributed by atoms with Crippen LogP contribution in [0.15, 0.2) is 0 Å². The molecule has 6 nitrogen and oxygen atoms in total. The third kappa shape index (κ3) is 1.25. The van der Waals surface area contributed by atoms with Crippen LogP contribution < -0.4 is 11.5 Å². The van der Waals surface area contributed by atoms with E-state index in [4.69, 9.17) is 23.1 Å². The average molecular weight is 199 g/mol. The minimum absolute atomic E-state index is 0.109. The number of hydrogen-bond acceptors (Lipinski definition) is 5. The molecule has 2 heterocycles. The maximum absolute atomic E-state index is 5.58. The molecule has 0 aliphatic carbocycles. The summed E-state index contributed by atoms with van der Waals surface area (Å²) in [5.74, 6) is 1.27. The summed E-state index contributed by atoms with van der Waals surface area (Å²) in [6.45, 7) is 0. The number of nitrogens with one attached hydrogen (secondary N) is 1. The summed E-state index contributed by atoms with van der Waals surface area (Å²) in [4.78, 5) is 14.6. The van der Waals surface area contributed by atoms with E-state index in [1.807, 2.05) is 0 Å². The molecule has 0 amide bonds. The number of nitrogens with two attached hydrogens (primary N) is 2. The summed E-state index contributed by atoms with van der Waals surface area (Å²) < 4.78 is 0. The Morgan fingerprint density at radius 1 is 1.23 bits per heavy atom. The molecule has 2 rings (SSSR count). The summed E-state index contributed by atoms with van der Waals surface area (Å²) in [6, 6.07) is 0. The lowest BCUT2D eigenvalue weighted by Gasteiger charge is -1.94. The molecular formula is C6H7ClN6. The zero-order valence-electron chi connectivity index (χ0n) is 6.58. The highest BCUT2D eigenvalue weighted by Gasteiger charge is 2.07. The number of hydrogen-bond donors (Lipinski definition) is 3. The molecule has 0 unspecified atom stereocenters. The highest BCUT2D eigenvalue weighted by Crippen LogP contribution is 2.16. The highest BCUT2D eigenvalue weighted by atomic mass is 35.5. The van der Waals surface area contributed by atoms with Crippen molar-refractivity contribution in [1.82, 2.24) is 19.9 Å². The van der Waals surface area contributed by atoms with E-state index in [1.165, 1.54) is 0 Å². The number of anilines is 2. The Bertz CT molecular complexity index is 450. The fourth-order valence-electron chi connectivity index (χ4n) is 1.05. The third-order valence-corrected chi connectivity index (χ3v) is 1.83. The van der Waals surface area contributed by atoms with Crippen LogP contribution in [0.4, 0.5) is 11.8 Å². The van der Waals surface area contributed by atoms with Gasteiger partial charge < -0.3 is 16.5 Å². The van der Waals surface area contributed by atoms with Gasteiger partial charge in [-0.3, -0.25) is 0 Å². The van der Waals surface area contributed by atoms with Crippen molar-refractivity contribution < 1.29 is 0 Å². The van der Waals surface area contributed by atoms with Crippen LogP contribution in [0.3, 0.4) is 0 Å². The maximum Gasteiger partial charge on any atom is 0.224 e. The predicted molar refractivity (Wildman–Crippen MR) is 50.1 cm³/mol. The van der Waals surface area contributed by atoms with Gasteiger partial charge >= 0.3 is 0 Å². The number of aromatic nitrogens is 4. The number of fused-ring (bicyclic) bond motifs is 1. The molecule has 0 radical (unpaired) electrons. The van der Waals surface area contributed by atoms with E-state index in [1.54, 1.807) is 0 Å². The van der Waals surface area contributed by atoms with Gasteiger partial charge in [-0.25, -0.2) is 4.98 Å². The molecular weight excluding hydrogens is 192 g/mol. The van der Waals surface area contributed by atoms with Gasteiger partial charge in [0.15, 0.2) is 11.5 Å². The molecule has 0 aliphatic rings. The average Bonchev–Trinajstić information content (AvgIpc) is 2.47. The first kappa shape index (κ1) is 8.06. The van der Waals surface area contributed by atoms with Gasteiger partial charge in [-0.1, -0.05) is 0 Å². The SMILES string of the molecule is Nc1nc(N)c2[nH]c(CCl)nc2n1. The van der Waals surface area contributed by atoms with Crippen LogP contribution in [0.25, 0.3) is 11.2 Å². The van der Waals surface area contributed by atoms with Crippen LogP contribution in [-0.4, -0.2) is 19.9 Å². The van der Waals surface area contributed by atoms with E-state index < -0.39 is 0 Å². The normalized spacial score (nSPS) is 10.8. The van der Waals surface area contributed by atoms with E-state index in [9.17, 15) is 0 Å². The number of nitrogen functional groups attached to an aromatic ring is 2. The topological polar surface area (TPSA) is 106 Å². The molecule has 0 aromatic carbocycles. The lowest BCUT2D eigenvalue weighted by Crippen LogP contribution is -1.99. The molecule has 0 atom stereocenters. The second-order valence-corrected chi connectivity index (χ2v) is 2.75. The number of aromatic amines is 1. The maximum atomic E-state index is 5.58. The molecule has 68 valence electrons. The number of H-pyrrole nitrogens is 1. The molecule has 0 spiro atoms. The lowest BCUT2D eigenvalue weighted by molar-refractivity contribution is 1.13. The van der Waals surface area contributed by atoms with Crippen LogP contribution in [0.1, 0.15) is 5.82 Å². The van der Waals surface area contributed by atoms with Crippen molar-refractivity contribution in [1.29, 1.82) is 0 Å². The number of rotatable bonds is 1. The van der Waals surface area contributed by atoms with E-state index >= 15 is 0 Å². The van der Waals surface area contributed by atoms with Crippen molar-refractivity contribution in [2.45, 2.75) is 5.88 Å². The van der Waals surface area contributed by atoms with Crippen molar-refractivity contribution in [3.8, 4) is 0 Å². The Balaban J connectivity index is 2.75. The molecule has 0 aliphatic heterocycles. The Kier molecular flexibility index (Phi) is 1.70. The summed E-state index contributed by atoms with van der Waals surface area (Å²) in [5.41, 5.74) is 12.0. The number of alkyl halides is 1. The van der Waals surface area contributed by atoms with Gasteiger partial charge in [0.2, 0.25) is 5.95 Å². The Morgan fingerprint density at radius 3 is 2.69 bits per heavy atom. The third-order valence-electron chi connectivity index (χ3n) is 1.57. The second-order valence-electron chi connectivity index (χ2n) is 2.48. The number of nitrogens with zero attached hydrogens (tertiary/aromatic N) is 3. The van der Waals surface area contributed by atoms with Gasteiger partial charge in [0, 0.05) is 0 Å². The van der Waals surface area contributed by atoms with Crippen molar-refractivity contribution in [3.05, 3.63) is 5.82 Å². The summed E-state index contributed by atoms with van der Waals surface area (Å²) in [6.07, 6.45) is 0. The molecule has 0 bridgehead atoms. The molecule has 2 aromatic heterocycles. The molecule has 0 saturated heterocycles. The van der Waals surface area contributed by atoms with Crippen molar-refractivity contribution >= 4 is 34.5 Å². The number of halogens is 1. The minimum atomic E-state index is 0.109. The van der Waals surface area contributed by atoms with Gasteiger partial charge in [0.1, 0.15) is 11.3 Å². The van der Waals surface area contributed by atoms with E-state index in [0.717, 1.165) is 0 Å². The first-order chi connectivity index (χ1) is 6.20. The van der Waals surface area contributed by atoms with Crippen molar-refractivity contribution in [2.75, 3.05) is 11.5 Å². The molecule has 2 aromatic rings. The zero-order chi connectivity index (χ0) is 9.42. The highest BCUT2D eigenvalue weighted by molar-refractivity contribution is 6.16. The monoisotopic (exact) mass is 198 g/mol. The Morgan fingerprint density at radius 2 is 2.00 bits per heavy atom.